The Bertz CT molecular complexity index is 272. The third-order valence-electron chi connectivity index (χ3n) is 1.91. The summed E-state index contributed by atoms with van der Waals surface area (Å²) < 4.78 is 1.51. The summed E-state index contributed by atoms with van der Waals surface area (Å²) >= 11 is 0. The van der Waals surface area contributed by atoms with Crippen LogP contribution in [0.2, 0.25) is 0 Å². The maximum absolute atomic E-state index is 10.7. The molecule has 1 heterocycles. The van der Waals surface area contributed by atoms with Gasteiger partial charge in [0.1, 0.15) is 18.7 Å². The van der Waals surface area contributed by atoms with Gasteiger partial charge in [0.15, 0.2) is 0 Å². The SMILES string of the molecule is CNC(C(=O)O)C(C)n1cncn1. The summed E-state index contributed by atoms with van der Waals surface area (Å²) in [6.45, 7) is 1.77. The molecule has 0 spiro atoms. The van der Waals surface area contributed by atoms with E-state index in [1.54, 1.807) is 14.0 Å². The number of rotatable bonds is 4. The van der Waals surface area contributed by atoms with Gasteiger partial charge >= 0.3 is 5.97 Å². The van der Waals surface area contributed by atoms with Crippen molar-refractivity contribution in [2.24, 2.45) is 0 Å². The van der Waals surface area contributed by atoms with E-state index in [0.29, 0.717) is 0 Å². The van der Waals surface area contributed by atoms with Crippen molar-refractivity contribution >= 4 is 5.97 Å². The second-order valence-electron chi connectivity index (χ2n) is 2.72. The number of aliphatic carboxylic acids is 1. The lowest BCUT2D eigenvalue weighted by Crippen LogP contribution is -2.40. The number of hydrogen-bond donors (Lipinski definition) is 2. The van der Waals surface area contributed by atoms with Gasteiger partial charge in [-0.05, 0) is 14.0 Å². The predicted molar refractivity (Wildman–Crippen MR) is 45.2 cm³/mol. The number of likely N-dealkylation sites (N-methyl/N-ethyl adjacent to an activating group) is 1. The van der Waals surface area contributed by atoms with E-state index in [0.717, 1.165) is 0 Å². The van der Waals surface area contributed by atoms with Crippen LogP contribution in [0.1, 0.15) is 13.0 Å². The molecular formula is C7H12N4O2. The second kappa shape index (κ2) is 3.99. The Hall–Kier alpha value is -1.43. The van der Waals surface area contributed by atoms with Crippen LogP contribution in [0.25, 0.3) is 0 Å². The van der Waals surface area contributed by atoms with E-state index >= 15 is 0 Å². The van der Waals surface area contributed by atoms with Gasteiger partial charge in [-0.25, -0.2) is 9.67 Å². The molecule has 6 nitrogen and oxygen atoms in total. The Morgan fingerprint density at radius 2 is 2.38 bits per heavy atom. The molecule has 72 valence electrons. The Labute approximate surface area is 75.6 Å². The Kier molecular flexibility index (Phi) is 2.97. The van der Waals surface area contributed by atoms with Crippen LogP contribution in [0.3, 0.4) is 0 Å². The fourth-order valence-corrected chi connectivity index (χ4v) is 1.15. The maximum Gasteiger partial charge on any atom is 0.322 e. The fourth-order valence-electron chi connectivity index (χ4n) is 1.15. The molecule has 0 aromatic carbocycles. The minimum absolute atomic E-state index is 0.259. The summed E-state index contributed by atoms with van der Waals surface area (Å²) in [5, 5.41) is 15.4. The lowest BCUT2D eigenvalue weighted by atomic mass is 10.1. The zero-order chi connectivity index (χ0) is 9.84. The predicted octanol–water partition coefficient (Wildman–Crippen LogP) is -0.488. The van der Waals surface area contributed by atoms with Crippen LogP contribution in [-0.2, 0) is 4.79 Å². The average molecular weight is 184 g/mol. The Balaban J connectivity index is 2.76. The van der Waals surface area contributed by atoms with E-state index in [4.69, 9.17) is 5.11 Å². The van der Waals surface area contributed by atoms with E-state index in [-0.39, 0.29) is 6.04 Å². The molecule has 1 aromatic rings. The van der Waals surface area contributed by atoms with Crippen LogP contribution in [0.5, 0.6) is 0 Å². The monoisotopic (exact) mass is 184 g/mol. The molecule has 2 N–H and O–H groups in total. The summed E-state index contributed by atoms with van der Waals surface area (Å²) in [6, 6.07) is -0.910. The zero-order valence-corrected chi connectivity index (χ0v) is 7.51. The van der Waals surface area contributed by atoms with Gasteiger partial charge < -0.3 is 10.4 Å². The molecule has 0 aliphatic carbocycles. The summed E-state index contributed by atoms with van der Waals surface area (Å²) in [7, 11) is 1.60. The first kappa shape index (κ1) is 9.66. The Morgan fingerprint density at radius 3 is 2.77 bits per heavy atom. The highest BCUT2D eigenvalue weighted by Crippen LogP contribution is 2.08. The standard InChI is InChI=1S/C7H12N4O2/c1-5(6(8-2)7(12)13)11-4-9-3-10-11/h3-6,8H,1-2H3,(H,12,13). The van der Waals surface area contributed by atoms with E-state index in [1.807, 2.05) is 0 Å². The van der Waals surface area contributed by atoms with Gasteiger partial charge in [-0.3, -0.25) is 4.79 Å². The molecule has 2 atom stereocenters. The molecule has 13 heavy (non-hydrogen) atoms. The number of carboxylic acid groups (broad SMARTS) is 1. The first-order chi connectivity index (χ1) is 6.16. The third-order valence-corrected chi connectivity index (χ3v) is 1.91. The molecule has 0 saturated carbocycles. The highest BCUT2D eigenvalue weighted by atomic mass is 16.4. The number of carbonyl (C=O) groups is 1. The molecule has 0 bridgehead atoms. The highest BCUT2D eigenvalue weighted by molar-refractivity contribution is 5.74. The van der Waals surface area contributed by atoms with Gasteiger partial charge in [0, 0.05) is 0 Å². The van der Waals surface area contributed by atoms with Crippen molar-refractivity contribution in [3.63, 3.8) is 0 Å². The van der Waals surface area contributed by atoms with Gasteiger partial charge in [0.25, 0.3) is 0 Å². The number of aromatic nitrogens is 3. The van der Waals surface area contributed by atoms with Crippen LogP contribution >= 0.6 is 0 Å². The van der Waals surface area contributed by atoms with Crippen molar-refractivity contribution in [1.29, 1.82) is 0 Å². The van der Waals surface area contributed by atoms with Crippen molar-refractivity contribution in [2.75, 3.05) is 7.05 Å². The van der Waals surface area contributed by atoms with E-state index in [9.17, 15) is 4.79 Å². The molecule has 0 saturated heterocycles. The topological polar surface area (TPSA) is 80.0 Å². The molecule has 1 rings (SSSR count). The van der Waals surface area contributed by atoms with E-state index < -0.39 is 12.0 Å². The molecule has 6 heteroatoms. The molecule has 0 aliphatic rings. The summed E-state index contributed by atoms with van der Waals surface area (Å²) in [5.41, 5.74) is 0. The summed E-state index contributed by atoms with van der Waals surface area (Å²) in [5.74, 6) is -0.898. The number of hydrogen-bond acceptors (Lipinski definition) is 4. The molecule has 1 aromatic heterocycles. The van der Waals surface area contributed by atoms with Gasteiger partial charge in [0.2, 0.25) is 0 Å². The molecule has 2 unspecified atom stereocenters. The first-order valence-corrected chi connectivity index (χ1v) is 3.91. The van der Waals surface area contributed by atoms with Crippen LogP contribution in [0, 0.1) is 0 Å². The lowest BCUT2D eigenvalue weighted by Gasteiger charge is -2.18. The quantitative estimate of drug-likeness (QED) is 0.660. The summed E-state index contributed by atoms with van der Waals surface area (Å²) in [4.78, 5) is 14.5. The lowest BCUT2D eigenvalue weighted by molar-refractivity contribution is -0.140. The normalized spacial score (nSPS) is 15.2. The zero-order valence-electron chi connectivity index (χ0n) is 7.51. The van der Waals surface area contributed by atoms with Crippen molar-refractivity contribution in [1.82, 2.24) is 20.1 Å². The molecule has 0 aliphatic heterocycles. The minimum Gasteiger partial charge on any atom is -0.480 e. The molecule has 0 radical (unpaired) electrons. The minimum atomic E-state index is -0.898. The average Bonchev–Trinajstić information content (AvgIpc) is 2.56. The van der Waals surface area contributed by atoms with Crippen molar-refractivity contribution in [3.05, 3.63) is 12.7 Å². The van der Waals surface area contributed by atoms with Crippen LogP contribution in [0.4, 0.5) is 0 Å². The van der Waals surface area contributed by atoms with Crippen LogP contribution in [-0.4, -0.2) is 38.9 Å². The summed E-state index contributed by atoms with van der Waals surface area (Å²) in [6.07, 6.45) is 2.88. The molecule has 0 fully saturated rings. The molecule has 0 amide bonds. The smallest absolute Gasteiger partial charge is 0.322 e. The molecular weight excluding hydrogens is 172 g/mol. The fraction of sp³-hybridized carbons (Fsp3) is 0.571. The van der Waals surface area contributed by atoms with Gasteiger partial charge in [-0.2, -0.15) is 5.10 Å². The number of nitrogens with zero attached hydrogens (tertiary/aromatic N) is 3. The van der Waals surface area contributed by atoms with Crippen molar-refractivity contribution in [2.45, 2.75) is 19.0 Å². The van der Waals surface area contributed by atoms with Gasteiger partial charge in [-0.1, -0.05) is 0 Å². The van der Waals surface area contributed by atoms with E-state index in [2.05, 4.69) is 15.4 Å². The first-order valence-electron chi connectivity index (χ1n) is 3.91. The van der Waals surface area contributed by atoms with Crippen LogP contribution in [0.15, 0.2) is 12.7 Å². The van der Waals surface area contributed by atoms with Crippen LogP contribution < -0.4 is 5.32 Å². The van der Waals surface area contributed by atoms with Gasteiger partial charge in [0.05, 0.1) is 6.04 Å². The number of nitrogens with one attached hydrogen (secondary N) is 1. The second-order valence-corrected chi connectivity index (χ2v) is 2.72. The van der Waals surface area contributed by atoms with E-state index in [1.165, 1.54) is 17.3 Å². The van der Waals surface area contributed by atoms with Crippen molar-refractivity contribution < 1.29 is 9.90 Å². The van der Waals surface area contributed by atoms with Crippen molar-refractivity contribution in [3.8, 4) is 0 Å². The maximum atomic E-state index is 10.7. The highest BCUT2D eigenvalue weighted by Gasteiger charge is 2.24. The Morgan fingerprint density at radius 1 is 1.69 bits per heavy atom. The van der Waals surface area contributed by atoms with Gasteiger partial charge in [-0.15, -0.1) is 0 Å². The largest absolute Gasteiger partial charge is 0.480 e. The number of carboxylic acids is 1. The third kappa shape index (κ3) is 2.03.